The van der Waals surface area contributed by atoms with Crippen LogP contribution < -0.4 is 13.9 Å². The molecule has 5 nitrogen and oxygen atoms in total. The Morgan fingerprint density at radius 1 is 0.523 bits per heavy atom. The van der Waals surface area contributed by atoms with E-state index in [0.717, 1.165) is 85.2 Å². The standard InChI is InChI=1S/C81H80N4O/c1-52-43-74(82-50-66(52)55-37-40-68-69(45-55)81(13,14)42-41-80(68,11)12)85-72-36-24-32-61(53-25-16-15-17-26-53)75(72)63-39-38-60(49-73(63)85)86-59-30-23-29-58(48-59)83-51-84(71-35-21-20-34-70(71)83)76-64(54-27-22-28-56(44-54)77(2,3)4)46-57(78(5,6)7)47-65(76)62-31-18-19-33-67(62)79(8,9)10/h15-40,43-50H,41-42H2,1-14H3/q+2/i1D3,37D,40D,45D. The summed E-state index contributed by atoms with van der Waals surface area (Å²) in [5, 5.41) is 1.86. The average molecular weight is 1130 g/mol. The average Bonchev–Trinajstić information content (AvgIpc) is 1.03. The van der Waals surface area contributed by atoms with Crippen LogP contribution in [0.5, 0.6) is 11.5 Å². The second-order valence-electron chi connectivity index (χ2n) is 28.1. The molecular weight excluding hydrogens is 1040 g/mol. The van der Waals surface area contributed by atoms with Gasteiger partial charge in [0.05, 0.1) is 32.3 Å². The molecule has 0 saturated carbocycles. The van der Waals surface area contributed by atoms with Gasteiger partial charge >= 0.3 is 6.01 Å². The molecule has 2 aromatic heterocycles. The number of rotatable bonds is 9. The maximum Gasteiger partial charge on any atom is 0.503 e. The minimum Gasteiger partial charge on any atom is -0.457 e. The van der Waals surface area contributed by atoms with Crippen LogP contribution in [0.3, 0.4) is 0 Å². The summed E-state index contributed by atoms with van der Waals surface area (Å²) >= 11 is 0. The fraction of sp³-hybridized carbons (Fsp3) is 0.259. The van der Waals surface area contributed by atoms with Gasteiger partial charge in [-0.25, -0.2) is 4.98 Å². The third kappa shape index (κ3) is 10.00. The van der Waals surface area contributed by atoms with Crippen LogP contribution in [0, 0.1) is 6.85 Å². The van der Waals surface area contributed by atoms with Crippen molar-refractivity contribution >= 4 is 50.6 Å². The molecule has 0 N–H and O–H groups in total. The number of benzene rings is 9. The molecule has 11 aromatic rings. The molecule has 9 aromatic carbocycles. The van der Waals surface area contributed by atoms with Gasteiger partial charge in [-0.05, 0) is 160 Å². The van der Waals surface area contributed by atoms with Crippen molar-refractivity contribution < 1.29 is 13.0 Å². The molecule has 0 amide bonds. The van der Waals surface area contributed by atoms with Crippen LogP contribution in [0.4, 0.5) is 22.7 Å². The highest BCUT2D eigenvalue weighted by molar-refractivity contribution is 6.16. The third-order valence-corrected chi connectivity index (χ3v) is 17.9. The van der Waals surface area contributed by atoms with Gasteiger partial charge in [0.2, 0.25) is 11.4 Å². The highest BCUT2D eigenvalue weighted by Crippen LogP contribution is 2.51. The van der Waals surface area contributed by atoms with Crippen LogP contribution in [0.15, 0.2) is 206 Å². The van der Waals surface area contributed by atoms with Crippen molar-refractivity contribution in [1.29, 1.82) is 0 Å². The number of pyridine rings is 1. The van der Waals surface area contributed by atoms with Crippen LogP contribution in [-0.4, -0.2) is 15.6 Å². The summed E-state index contributed by atoms with van der Waals surface area (Å²) in [6.07, 6.45) is 3.10. The first-order chi connectivity index (χ1) is 43.4. The fourth-order valence-corrected chi connectivity index (χ4v) is 12.9. The summed E-state index contributed by atoms with van der Waals surface area (Å²) in [5.74, 6) is 1.49. The molecule has 5 heteroatoms. The van der Waals surface area contributed by atoms with Gasteiger partial charge < -0.3 is 4.74 Å². The van der Waals surface area contributed by atoms with Crippen molar-refractivity contribution in [3.8, 4) is 61.8 Å². The quantitative estimate of drug-likeness (QED) is 0.135. The van der Waals surface area contributed by atoms with Crippen molar-refractivity contribution in [2.24, 2.45) is 0 Å². The lowest BCUT2D eigenvalue weighted by molar-refractivity contribution is 0.332. The Hall–Kier alpha value is -8.89. The summed E-state index contributed by atoms with van der Waals surface area (Å²) in [7, 11) is 0. The minimum atomic E-state index is -2.69. The van der Waals surface area contributed by atoms with E-state index in [1.54, 1.807) is 6.07 Å². The molecule has 86 heavy (non-hydrogen) atoms. The smallest absolute Gasteiger partial charge is 0.457 e. The fourth-order valence-electron chi connectivity index (χ4n) is 12.9. The third-order valence-electron chi connectivity index (χ3n) is 17.9. The Morgan fingerprint density at radius 2 is 1.17 bits per heavy atom. The first-order valence-corrected chi connectivity index (χ1v) is 30.3. The van der Waals surface area contributed by atoms with Gasteiger partial charge in [0.25, 0.3) is 11.4 Å². The second-order valence-corrected chi connectivity index (χ2v) is 28.1. The monoisotopic (exact) mass is 1130 g/mol. The van der Waals surface area contributed by atoms with Crippen molar-refractivity contribution in [3.63, 3.8) is 0 Å². The molecule has 0 spiro atoms. The number of para-hydroxylation sites is 2. The molecule has 428 valence electrons. The number of nitrogens with zero attached hydrogens (tertiary/aromatic N) is 4. The molecule has 1 aliphatic carbocycles. The summed E-state index contributed by atoms with van der Waals surface area (Å²) in [5.41, 5.74) is 16.0. The zero-order valence-electron chi connectivity index (χ0n) is 58.0. The van der Waals surface area contributed by atoms with Crippen molar-refractivity contribution in [1.82, 2.24) is 18.7 Å². The van der Waals surface area contributed by atoms with E-state index in [1.165, 1.54) is 28.5 Å². The molecule has 0 fully saturated rings. The number of fused-ring (bicyclic) bond motifs is 5. The van der Waals surface area contributed by atoms with E-state index in [4.69, 9.17) is 13.8 Å². The number of aromatic nitrogens is 2. The van der Waals surface area contributed by atoms with E-state index in [0.29, 0.717) is 28.4 Å². The van der Waals surface area contributed by atoms with Gasteiger partial charge in [-0.1, -0.05) is 217 Å². The van der Waals surface area contributed by atoms with E-state index in [2.05, 4.69) is 220 Å². The molecule has 2 aliphatic rings. The van der Waals surface area contributed by atoms with Gasteiger partial charge in [0.1, 0.15) is 17.3 Å². The van der Waals surface area contributed by atoms with Crippen LogP contribution in [0.2, 0.25) is 0 Å². The van der Waals surface area contributed by atoms with Gasteiger partial charge in [0.15, 0.2) is 0 Å². The summed E-state index contributed by atoms with van der Waals surface area (Å²) in [6.45, 7) is 26.2. The maximum absolute atomic E-state index is 9.80. The van der Waals surface area contributed by atoms with E-state index in [9.17, 15) is 4.11 Å². The lowest BCUT2D eigenvalue weighted by Crippen LogP contribution is -2.33. The van der Waals surface area contributed by atoms with E-state index >= 15 is 0 Å². The first kappa shape index (κ1) is 49.4. The van der Waals surface area contributed by atoms with Gasteiger partial charge in [0, 0.05) is 50.9 Å². The van der Waals surface area contributed by atoms with Crippen LogP contribution >= 0.6 is 0 Å². The van der Waals surface area contributed by atoms with Crippen LogP contribution in [0.25, 0.3) is 72.1 Å². The van der Waals surface area contributed by atoms with Crippen LogP contribution in [-0.2, 0) is 27.1 Å². The lowest BCUT2D eigenvalue weighted by atomic mass is 9.63. The zero-order valence-corrected chi connectivity index (χ0v) is 52.0. The van der Waals surface area contributed by atoms with E-state index in [-0.39, 0.29) is 51.1 Å². The molecule has 0 saturated heterocycles. The molecule has 0 radical (unpaired) electrons. The molecule has 1 aliphatic heterocycles. The highest BCUT2D eigenvalue weighted by Gasteiger charge is 2.41. The van der Waals surface area contributed by atoms with Crippen molar-refractivity contribution in [2.45, 2.75) is 137 Å². The predicted molar refractivity (Wildman–Crippen MR) is 364 cm³/mol. The molecular formula is C81H80N4O+2. The number of hydrogen-bond donors (Lipinski definition) is 0. The number of hydrogen-bond acceptors (Lipinski definition) is 2. The summed E-state index contributed by atoms with van der Waals surface area (Å²) in [6, 6.07) is 67.1. The Bertz CT molecular complexity index is 4900. The highest BCUT2D eigenvalue weighted by atomic mass is 16.5. The second kappa shape index (κ2) is 20.7. The first-order valence-electron chi connectivity index (χ1n) is 33.3. The lowest BCUT2D eigenvalue weighted by Gasteiger charge is -2.42. The zero-order chi connectivity index (χ0) is 65.4. The van der Waals surface area contributed by atoms with Crippen molar-refractivity contribution in [2.75, 3.05) is 0 Å². The van der Waals surface area contributed by atoms with Crippen LogP contribution in [0.1, 0.15) is 144 Å². The topological polar surface area (TPSA) is 33.1 Å². The van der Waals surface area contributed by atoms with Gasteiger partial charge in [-0.3, -0.25) is 4.57 Å². The molecule has 13 rings (SSSR count). The predicted octanol–water partition coefficient (Wildman–Crippen LogP) is 22.0. The molecule has 0 bridgehead atoms. The minimum absolute atomic E-state index is 0.0305. The Balaban J connectivity index is 0.986. The van der Waals surface area contributed by atoms with E-state index < -0.39 is 17.7 Å². The molecule has 3 heterocycles. The Kier molecular flexibility index (Phi) is 11.9. The maximum atomic E-state index is 9.80. The van der Waals surface area contributed by atoms with Crippen molar-refractivity contribution in [3.05, 3.63) is 240 Å². The Labute approximate surface area is 518 Å². The number of aryl methyl sites for hydroxylation is 1. The summed E-state index contributed by atoms with van der Waals surface area (Å²) < 4.78 is 69.4. The molecule has 0 atom stereocenters. The van der Waals surface area contributed by atoms with E-state index in [1.807, 2.05) is 65.2 Å². The van der Waals surface area contributed by atoms with Gasteiger partial charge in [-0.2, -0.15) is 0 Å². The summed E-state index contributed by atoms with van der Waals surface area (Å²) in [4.78, 5) is 5.10. The van der Waals surface area contributed by atoms with Gasteiger partial charge in [-0.15, -0.1) is 0 Å². The Morgan fingerprint density at radius 3 is 1.92 bits per heavy atom. The normalized spacial score (nSPS) is 15.8. The number of ether oxygens (including phenoxy) is 1. The SMILES string of the molecule is [2H]c1c([2H])c2c(c([2H])c1-c1cnc(-n3c4cc(Oc5cccc([N+]6=C=[N+](c7c(-c8cccc(C(C)(C)C)c8)cc(C(C)(C)C)cc7-c7ccccc7C(C)(C)C)c7ccccc76)c5)ccc4c4c(-c5ccccc5)cccc43)cc1C([2H])([2H])[2H])C(C)(C)CCC2(C)C. The largest absolute Gasteiger partial charge is 0.503 e. The molecule has 0 unspecified atom stereocenters.